The Bertz CT molecular complexity index is 1330. The first-order valence-electron chi connectivity index (χ1n) is 11.5. The van der Waals surface area contributed by atoms with Gasteiger partial charge < -0.3 is 24.3 Å². The number of carbonyl (C=O) groups excluding carboxylic acids is 1. The van der Waals surface area contributed by atoms with Crippen molar-refractivity contribution in [1.82, 2.24) is 5.32 Å². The van der Waals surface area contributed by atoms with Crippen LogP contribution in [0.4, 0.5) is 5.69 Å². The molecule has 3 aromatic carbocycles. The van der Waals surface area contributed by atoms with Gasteiger partial charge in [-0.3, -0.25) is 9.10 Å². The second kappa shape index (κ2) is 12.4. The van der Waals surface area contributed by atoms with Crippen molar-refractivity contribution in [3.8, 4) is 23.0 Å². The van der Waals surface area contributed by atoms with Gasteiger partial charge in [0.1, 0.15) is 18.0 Å². The van der Waals surface area contributed by atoms with Crippen LogP contribution < -0.4 is 28.6 Å². The van der Waals surface area contributed by atoms with Crippen molar-refractivity contribution in [2.75, 3.05) is 45.8 Å². The van der Waals surface area contributed by atoms with Gasteiger partial charge in [-0.15, -0.1) is 0 Å². The molecule has 0 atom stereocenters. The van der Waals surface area contributed by atoms with E-state index in [4.69, 9.17) is 18.9 Å². The number of aryl methyl sites for hydroxylation is 1. The number of nitrogens with zero attached hydrogens (tertiary/aromatic N) is 1. The van der Waals surface area contributed by atoms with Gasteiger partial charge in [-0.1, -0.05) is 23.8 Å². The highest BCUT2D eigenvalue weighted by Crippen LogP contribution is 2.35. The summed E-state index contributed by atoms with van der Waals surface area (Å²) in [5.74, 6) is 1.49. The summed E-state index contributed by atoms with van der Waals surface area (Å²) in [4.78, 5) is 13.0. The number of carbonyl (C=O) groups is 1. The molecule has 0 spiro atoms. The van der Waals surface area contributed by atoms with Crippen LogP contribution >= 0.6 is 0 Å². The number of benzene rings is 3. The molecular formula is C27H32N2O7S. The van der Waals surface area contributed by atoms with Crippen LogP contribution in [0.2, 0.25) is 0 Å². The summed E-state index contributed by atoms with van der Waals surface area (Å²) >= 11 is 0. The average molecular weight is 529 g/mol. The van der Waals surface area contributed by atoms with Crippen molar-refractivity contribution in [3.63, 3.8) is 0 Å². The van der Waals surface area contributed by atoms with Crippen molar-refractivity contribution in [3.05, 3.63) is 71.8 Å². The van der Waals surface area contributed by atoms with Crippen LogP contribution in [0.15, 0.2) is 65.6 Å². The van der Waals surface area contributed by atoms with Gasteiger partial charge in [0, 0.05) is 12.6 Å². The quantitative estimate of drug-likeness (QED) is 0.383. The standard InChI is InChI=1S/C27H32N2O7S/c1-19-6-10-22(11-7-19)37(31,32)29(23-12-9-21(33-2)17-25(23)35-4)18-27(30)28-15-14-20-8-13-24(34-3)26(16-20)36-5/h6-13,16-17H,14-15,18H2,1-5H3,(H,28,30). The molecule has 9 nitrogen and oxygen atoms in total. The zero-order valence-electron chi connectivity index (χ0n) is 21.6. The van der Waals surface area contributed by atoms with E-state index in [0.29, 0.717) is 30.2 Å². The van der Waals surface area contributed by atoms with E-state index < -0.39 is 22.5 Å². The first-order chi connectivity index (χ1) is 17.7. The summed E-state index contributed by atoms with van der Waals surface area (Å²) in [6.07, 6.45) is 0.517. The van der Waals surface area contributed by atoms with Gasteiger partial charge in [0.2, 0.25) is 5.91 Å². The maximum atomic E-state index is 13.7. The highest BCUT2D eigenvalue weighted by Gasteiger charge is 2.29. The van der Waals surface area contributed by atoms with Gasteiger partial charge in [-0.05, 0) is 55.3 Å². The summed E-state index contributed by atoms with van der Waals surface area (Å²) in [6.45, 7) is 1.73. The van der Waals surface area contributed by atoms with Crippen LogP contribution in [-0.2, 0) is 21.2 Å². The van der Waals surface area contributed by atoms with Crippen molar-refractivity contribution in [2.45, 2.75) is 18.2 Å². The smallest absolute Gasteiger partial charge is 0.264 e. The minimum absolute atomic E-state index is 0.0640. The largest absolute Gasteiger partial charge is 0.497 e. The molecule has 10 heteroatoms. The Kier molecular flexibility index (Phi) is 9.24. The van der Waals surface area contributed by atoms with E-state index in [0.717, 1.165) is 15.4 Å². The van der Waals surface area contributed by atoms with Gasteiger partial charge >= 0.3 is 0 Å². The van der Waals surface area contributed by atoms with Crippen molar-refractivity contribution < 1.29 is 32.2 Å². The van der Waals surface area contributed by atoms with E-state index in [1.165, 1.54) is 26.4 Å². The lowest BCUT2D eigenvalue weighted by Crippen LogP contribution is -2.41. The summed E-state index contributed by atoms with van der Waals surface area (Å²) in [5.41, 5.74) is 2.07. The topological polar surface area (TPSA) is 103 Å². The molecule has 0 unspecified atom stereocenters. The van der Waals surface area contributed by atoms with Gasteiger partial charge in [0.15, 0.2) is 11.5 Å². The number of methoxy groups -OCH3 is 4. The van der Waals surface area contributed by atoms with E-state index in [9.17, 15) is 13.2 Å². The van der Waals surface area contributed by atoms with Gasteiger partial charge in [-0.2, -0.15) is 0 Å². The maximum Gasteiger partial charge on any atom is 0.264 e. The highest BCUT2D eigenvalue weighted by molar-refractivity contribution is 7.92. The Morgan fingerprint density at radius 1 is 0.811 bits per heavy atom. The van der Waals surface area contributed by atoms with Crippen molar-refractivity contribution in [2.24, 2.45) is 0 Å². The van der Waals surface area contributed by atoms with Gasteiger partial charge in [0.05, 0.1) is 39.0 Å². The summed E-state index contributed by atoms with van der Waals surface area (Å²) in [6, 6.07) is 16.7. The molecule has 0 saturated carbocycles. The van der Waals surface area contributed by atoms with Gasteiger partial charge in [-0.25, -0.2) is 8.42 Å². The average Bonchev–Trinajstić information content (AvgIpc) is 2.91. The molecule has 1 N–H and O–H groups in total. The fraction of sp³-hybridized carbons (Fsp3) is 0.296. The molecule has 0 saturated heterocycles. The zero-order chi connectivity index (χ0) is 27.0. The highest BCUT2D eigenvalue weighted by atomic mass is 32.2. The molecule has 0 radical (unpaired) electrons. The fourth-order valence-electron chi connectivity index (χ4n) is 3.70. The first-order valence-corrected chi connectivity index (χ1v) is 13.0. The van der Waals surface area contributed by atoms with Crippen LogP contribution in [0.1, 0.15) is 11.1 Å². The zero-order valence-corrected chi connectivity index (χ0v) is 22.4. The molecule has 0 heterocycles. The van der Waals surface area contributed by atoms with Crippen LogP contribution in [0, 0.1) is 6.92 Å². The predicted molar refractivity (Wildman–Crippen MR) is 142 cm³/mol. The number of anilines is 1. The number of sulfonamides is 1. The molecule has 0 aliphatic heterocycles. The Hall–Kier alpha value is -3.92. The molecule has 37 heavy (non-hydrogen) atoms. The SMILES string of the molecule is COc1ccc(N(CC(=O)NCCc2ccc(OC)c(OC)c2)S(=O)(=O)c2ccc(C)cc2)c(OC)c1. The second-order valence-corrected chi connectivity index (χ2v) is 10.0. The number of hydrogen-bond acceptors (Lipinski definition) is 7. The predicted octanol–water partition coefficient (Wildman–Crippen LogP) is 3.58. The molecule has 0 aromatic heterocycles. The minimum atomic E-state index is -4.09. The Labute approximate surface area is 218 Å². The Morgan fingerprint density at radius 2 is 1.49 bits per heavy atom. The molecule has 0 aliphatic carbocycles. The van der Waals surface area contributed by atoms with E-state index >= 15 is 0 Å². The number of hydrogen-bond donors (Lipinski definition) is 1. The van der Waals surface area contributed by atoms with E-state index in [1.807, 2.05) is 19.1 Å². The molecular weight excluding hydrogens is 496 g/mol. The Morgan fingerprint density at radius 3 is 2.11 bits per heavy atom. The van der Waals surface area contributed by atoms with Crippen LogP contribution in [0.3, 0.4) is 0 Å². The second-order valence-electron chi connectivity index (χ2n) is 8.15. The lowest BCUT2D eigenvalue weighted by atomic mass is 10.1. The summed E-state index contributed by atoms with van der Waals surface area (Å²) in [5, 5.41) is 2.81. The van der Waals surface area contributed by atoms with E-state index in [-0.39, 0.29) is 16.3 Å². The summed E-state index contributed by atoms with van der Waals surface area (Å²) < 4.78 is 49.6. The first kappa shape index (κ1) is 27.7. The molecule has 3 aromatic rings. The van der Waals surface area contributed by atoms with Crippen LogP contribution in [-0.4, -0.2) is 55.9 Å². The molecule has 0 bridgehead atoms. The normalized spacial score (nSPS) is 10.9. The van der Waals surface area contributed by atoms with Gasteiger partial charge in [0.25, 0.3) is 10.0 Å². The number of ether oxygens (including phenoxy) is 4. The van der Waals surface area contributed by atoms with Crippen molar-refractivity contribution >= 4 is 21.6 Å². The molecule has 198 valence electrons. The lowest BCUT2D eigenvalue weighted by molar-refractivity contribution is -0.119. The fourth-order valence-corrected chi connectivity index (χ4v) is 5.13. The van der Waals surface area contributed by atoms with E-state index in [1.54, 1.807) is 50.6 Å². The molecule has 3 rings (SSSR count). The van der Waals surface area contributed by atoms with Crippen LogP contribution in [0.25, 0.3) is 0 Å². The minimum Gasteiger partial charge on any atom is -0.497 e. The number of nitrogens with one attached hydrogen (secondary N) is 1. The number of amides is 1. The third kappa shape index (κ3) is 6.65. The lowest BCUT2D eigenvalue weighted by Gasteiger charge is -2.26. The summed E-state index contributed by atoms with van der Waals surface area (Å²) in [7, 11) is 1.96. The molecule has 0 aliphatic rings. The molecule has 0 fully saturated rings. The van der Waals surface area contributed by atoms with E-state index in [2.05, 4.69) is 5.32 Å². The third-order valence-electron chi connectivity index (χ3n) is 5.74. The maximum absolute atomic E-state index is 13.7. The van der Waals surface area contributed by atoms with Crippen molar-refractivity contribution in [1.29, 1.82) is 0 Å². The third-order valence-corrected chi connectivity index (χ3v) is 7.51. The number of rotatable bonds is 12. The Balaban J connectivity index is 1.83. The molecule has 1 amide bonds. The monoisotopic (exact) mass is 528 g/mol. The van der Waals surface area contributed by atoms with Crippen LogP contribution in [0.5, 0.6) is 23.0 Å².